The zero-order valence-electron chi connectivity index (χ0n) is 10.9. The third-order valence-electron chi connectivity index (χ3n) is 2.87. The van der Waals surface area contributed by atoms with E-state index in [9.17, 15) is 9.18 Å². The zero-order chi connectivity index (χ0) is 13.8. The molecule has 3 nitrogen and oxygen atoms in total. The maximum atomic E-state index is 12.9. The van der Waals surface area contributed by atoms with Crippen molar-refractivity contribution in [3.63, 3.8) is 0 Å². The molecule has 4 heteroatoms. The molecule has 1 heterocycles. The summed E-state index contributed by atoms with van der Waals surface area (Å²) >= 11 is 0. The lowest BCUT2D eigenvalue weighted by molar-refractivity contribution is 0.0933. The lowest BCUT2D eigenvalue weighted by atomic mass is 10.1. The number of rotatable bonds is 3. The van der Waals surface area contributed by atoms with Gasteiger partial charge in [-0.05, 0) is 31.5 Å². The number of nitrogens with one attached hydrogen (secondary N) is 1. The Balaban J connectivity index is 2.08. The van der Waals surface area contributed by atoms with Crippen molar-refractivity contribution in [2.24, 2.45) is 0 Å². The first-order chi connectivity index (χ1) is 9.06. The number of amides is 1. The number of nitrogens with zero attached hydrogens (tertiary/aromatic N) is 1. The van der Waals surface area contributed by atoms with Gasteiger partial charge in [0.15, 0.2) is 0 Å². The van der Waals surface area contributed by atoms with E-state index >= 15 is 0 Å². The predicted molar refractivity (Wildman–Crippen MR) is 71.3 cm³/mol. The summed E-state index contributed by atoms with van der Waals surface area (Å²) in [5.74, 6) is -1.04. The Morgan fingerprint density at radius 3 is 2.53 bits per heavy atom. The molecule has 1 aromatic carbocycles. The van der Waals surface area contributed by atoms with Crippen LogP contribution in [0.5, 0.6) is 0 Å². The van der Waals surface area contributed by atoms with Crippen molar-refractivity contribution in [2.75, 3.05) is 0 Å². The second kappa shape index (κ2) is 5.61. The maximum Gasteiger partial charge on any atom is 0.270 e. The predicted octanol–water partition coefficient (Wildman–Crippen LogP) is 3.02. The minimum Gasteiger partial charge on any atom is -0.344 e. The molecule has 0 spiro atoms. The van der Waals surface area contributed by atoms with Gasteiger partial charge in [0.25, 0.3) is 5.91 Å². The van der Waals surface area contributed by atoms with Crippen LogP contribution < -0.4 is 5.32 Å². The van der Waals surface area contributed by atoms with Gasteiger partial charge < -0.3 is 5.32 Å². The molecular formula is C15H15FN2O. The van der Waals surface area contributed by atoms with E-state index in [-0.39, 0.29) is 17.6 Å². The number of pyridine rings is 1. The van der Waals surface area contributed by atoms with Gasteiger partial charge in [0.05, 0.1) is 6.04 Å². The molecule has 0 saturated carbocycles. The van der Waals surface area contributed by atoms with Gasteiger partial charge >= 0.3 is 0 Å². The first kappa shape index (κ1) is 13.2. The number of benzene rings is 1. The fourth-order valence-corrected chi connectivity index (χ4v) is 1.74. The normalized spacial score (nSPS) is 11.9. The van der Waals surface area contributed by atoms with Crippen LogP contribution in [0.15, 0.2) is 42.5 Å². The quantitative estimate of drug-likeness (QED) is 0.860. The highest BCUT2D eigenvalue weighted by Crippen LogP contribution is 2.13. The Labute approximate surface area is 111 Å². The molecule has 1 amide bonds. The summed E-state index contributed by atoms with van der Waals surface area (Å²) in [6.45, 7) is 3.88. The number of aryl methyl sites for hydroxylation is 1. The first-order valence-corrected chi connectivity index (χ1v) is 6.06. The Hall–Kier alpha value is -2.23. The minimum absolute atomic E-state index is 0.0824. The van der Waals surface area contributed by atoms with E-state index in [4.69, 9.17) is 0 Å². The maximum absolute atomic E-state index is 12.9. The summed E-state index contributed by atoms with van der Waals surface area (Å²) in [6, 6.07) is 11.9. The van der Waals surface area contributed by atoms with Crippen LogP contribution in [0.1, 0.15) is 34.6 Å². The highest BCUT2D eigenvalue weighted by molar-refractivity contribution is 5.92. The second-order valence-electron chi connectivity index (χ2n) is 4.45. The summed E-state index contributed by atoms with van der Waals surface area (Å²) in [4.78, 5) is 15.5. The summed E-state index contributed by atoms with van der Waals surface area (Å²) < 4.78 is 12.9. The van der Waals surface area contributed by atoms with Gasteiger partial charge in [0, 0.05) is 0 Å². The lowest BCUT2D eigenvalue weighted by Crippen LogP contribution is -2.27. The molecule has 19 heavy (non-hydrogen) atoms. The Bertz CT molecular complexity index is 581. The number of aromatic nitrogens is 1. The molecule has 2 aromatic rings. The van der Waals surface area contributed by atoms with Crippen LogP contribution in [0.4, 0.5) is 4.39 Å². The minimum atomic E-state index is -0.657. The van der Waals surface area contributed by atoms with E-state index in [1.165, 1.54) is 18.2 Å². The van der Waals surface area contributed by atoms with Crippen molar-refractivity contribution in [3.8, 4) is 0 Å². The van der Waals surface area contributed by atoms with Gasteiger partial charge in [-0.2, -0.15) is 4.39 Å². The average molecular weight is 258 g/mol. The van der Waals surface area contributed by atoms with Crippen LogP contribution in [0.3, 0.4) is 0 Å². The SMILES string of the molecule is Cc1ccc(C(C)NC(=O)c2cccc(F)n2)cc1. The van der Waals surface area contributed by atoms with Crippen molar-refractivity contribution < 1.29 is 9.18 Å². The number of halogens is 1. The van der Waals surface area contributed by atoms with Gasteiger partial charge in [-0.15, -0.1) is 0 Å². The molecule has 1 aromatic heterocycles. The van der Waals surface area contributed by atoms with Gasteiger partial charge in [-0.25, -0.2) is 4.98 Å². The monoisotopic (exact) mass is 258 g/mol. The summed E-state index contributed by atoms with van der Waals surface area (Å²) in [5.41, 5.74) is 2.24. The molecule has 2 rings (SSSR count). The molecule has 0 bridgehead atoms. The molecule has 0 saturated heterocycles. The van der Waals surface area contributed by atoms with E-state index in [2.05, 4.69) is 10.3 Å². The van der Waals surface area contributed by atoms with Gasteiger partial charge in [-0.1, -0.05) is 35.9 Å². The molecule has 0 fully saturated rings. The third-order valence-corrected chi connectivity index (χ3v) is 2.87. The molecule has 98 valence electrons. The second-order valence-corrected chi connectivity index (χ2v) is 4.45. The number of hydrogen-bond acceptors (Lipinski definition) is 2. The summed E-state index contributed by atoms with van der Waals surface area (Å²) in [7, 11) is 0. The number of carbonyl (C=O) groups is 1. The van der Waals surface area contributed by atoms with E-state index in [1.54, 1.807) is 0 Å². The first-order valence-electron chi connectivity index (χ1n) is 6.06. The van der Waals surface area contributed by atoms with E-state index in [1.807, 2.05) is 38.1 Å². The fraction of sp³-hybridized carbons (Fsp3) is 0.200. The van der Waals surface area contributed by atoms with E-state index < -0.39 is 5.95 Å². The van der Waals surface area contributed by atoms with Gasteiger partial charge in [-0.3, -0.25) is 4.79 Å². The van der Waals surface area contributed by atoms with Crippen molar-refractivity contribution in [1.29, 1.82) is 0 Å². The molecular weight excluding hydrogens is 243 g/mol. The van der Waals surface area contributed by atoms with E-state index in [0.29, 0.717) is 0 Å². The van der Waals surface area contributed by atoms with Crippen LogP contribution in [0.2, 0.25) is 0 Å². The van der Waals surface area contributed by atoms with Crippen LogP contribution >= 0.6 is 0 Å². The van der Waals surface area contributed by atoms with Gasteiger partial charge in [0.2, 0.25) is 5.95 Å². The molecule has 0 aliphatic rings. The van der Waals surface area contributed by atoms with Crippen LogP contribution in [-0.4, -0.2) is 10.9 Å². The largest absolute Gasteiger partial charge is 0.344 e. The van der Waals surface area contributed by atoms with Gasteiger partial charge in [0.1, 0.15) is 5.69 Å². The van der Waals surface area contributed by atoms with E-state index in [0.717, 1.165) is 11.1 Å². The van der Waals surface area contributed by atoms with Crippen LogP contribution in [0, 0.1) is 12.9 Å². The molecule has 0 aliphatic carbocycles. The van der Waals surface area contributed by atoms with Crippen LogP contribution in [0.25, 0.3) is 0 Å². The van der Waals surface area contributed by atoms with Crippen molar-refractivity contribution >= 4 is 5.91 Å². The summed E-state index contributed by atoms with van der Waals surface area (Å²) in [5, 5.41) is 2.79. The van der Waals surface area contributed by atoms with Crippen molar-refractivity contribution in [2.45, 2.75) is 19.9 Å². The smallest absolute Gasteiger partial charge is 0.270 e. The average Bonchev–Trinajstić information content (AvgIpc) is 2.39. The number of hydrogen-bond donors (Lipinski definition) is 1. The fourth-order valence-electron chi connectivity index (χ4n) is 1.74. The lowest BCUT2D eigenvalue weighted by Gasteiger charge is -2.14. The Morgan fingerprint density at radius 2 is 1.89 bits per heavy atom. The Morgan fingerprint density at radius 1 is 1.21 bits per heavy atom. The molecule has 1 atom stereocenters. The topological polar surface area (TPSA) is 42.0 Å². The van der Waals surface area contributed by atoms with Crippen molar-refractivity contribution in [1.82, 2.24) is 10.3 Å². The summed E-state index contributed by atoms with van der Waals surface area (Å²) in [6.07, 6.45) is 0. The zero-order valence-corrected chi connectivity index (χ0v) is 10.9. The number of carbonyl (C=O) groups excluding carboxylic acids is 1. The van der Waals surface area contributed by atoms with Crippen LogP contribution in [-0.2, 0) is 0 Å². The molecule has 0 radical (unpaired) electrons. The highest BCUT2D eigenvalue weighted by Gasteiger charge is 2.12. The molecule has 0 aliphatic heterocycles. The third kappa shape index (κ3) is 3.37. The Kier molecular flexibility index (Phi) is 3.90. The molecule has 1 unspecified atom stereocenters. The molecule has 1 N–H and O–H groups in total. The standard InChI is InChI=1S/C15H15FN2O/c1-10-6-8-12(9-7-10)11(2)17-15(19)13-4-3-5-14(16)18-13/h3-9,11H,1-2H3,(H,17,19). The van der Waals surface area contributed by atoms with Crippen molar-refractivity contribution in [3.05, 3.63) is 65.2 Å². The highest BCUT2D eigenvalue weighted by atomic mass is 19.1.